The molecule has 0 bridgehead atoms. The number of aliphatic imine (C=N–C) groups is 1. The molecule has 0 radical (unpaired) electrons. The second kappa shape index (κ2) is 6.35. The molecule has 0 saturated carbocycles. The first kappa shape index (κ1) is 15.6. The van der Waals surface area contributed by atoms with E-state index in [0.29, 0.717) is 0 Å². The van der Waals surface area contributed by atoms with Gasteiger partial charge in [0.15, 0.2) is 11.0 Å². The topological polar surface area (TPSA) is 41.9 Å². The van der Waals surface area contributed by atoms with Crippen molar-refractivity contribution in [3.63, 3.8) is 0 Å². The minimum Gasteiger partial charge on any atom is -0.497 e. The number of carbonyl (C=O) groups is 1. The molecule has 21 heavy (non-hydrogen) atoms. The molecule has 1 heterocycles. The van der Waals surface area contributed by atoms with Crippen molar-refractivity contribution in [2.45, 2.75) is 19.9 Å². The molecule has 1 atom stereocenters. The number of rotatable bonds is 3. The molecule has 0 aliphatic carbocycles. The average molecular weight is 304 g/mol. The average Bonchev–Trinajstić information content (AvgIpc) is 2.49. The number of thioether (sulfide) groups is 1. The first-order chi connectivity index (χ1) is 9.99. The molecular formula is C16H20N2O2S. The van der Waals surface area contributed by atoms with E-state index < -0.39 is 0 Å². The molecule has 0 amide bonds. The van der Waals surface area contributed by atoms with Crippen LogP contribution in [0.5, 0.6) is 5.75 Å². The highest BCUT2D eigenvalue weighted by Gasteiger charge is 2.29. The van der Waals surface area contributed by atoms with Gasteiger partial charge in [-0.15, -0.1) is 0 Å². The third kappa shape index (κ3) is 2.97. The molecule has 1 aliphatic rings. The molecule has 2 rings (SSSR count). The lowest BCUT2D eigenvalue weighted by molar-refractivity contribution is -0.114. The number of ketones is 1. The van der Waals surface area contributed by atoms with Crippen LogP contribution in [0, 0.1) is 0 Å². The molecule has 1 aliphatic heterocycles. The van der Waals surface area contributed by atoms with E-state index in [2.05, 4.69) is 0 Å². The molecule has 4 nitrogen and oxygen atoms in total. The van der Waals surface area contributed by atoms with Crippen LogP contribution >= 0.6 is 11.8 Å². The number of methoxy groups -OCH3 is 1. The van der Waals surface area contributed by atoms with E-state index in [1.54, 1.807) is 25.8 Å². The van der Waals surface area contributed by atoms with Crippen molar-refractivity contribution in [2.75, 3.05) is 20.4 Å². The van der Waals surface area contributed by atoms with Crippen molar-refractivity contribution in [2.24, 2.45) is 4.99 Å². The van der Waals surface area contributed by atoms with Crippen LogP contribution in [0.1, 0.15) is 25.5 Å². The molecule has 0 aromatic heterocycles. The van der Waals surface area contributed by atoms with Crippen LogP contribution in [0.25, 0.3) is 0 Å². The molecule has 5 heteroatoms. The highest BCUT2D eigenvalue weighted by atomic mass is 32.2. The van der Waals surface area contributed by atoms with Crippen LogP contribution in [0.2, 0.25) is 0 Å². The minimum absolute atomic E-state index is 0.0593. The maximum absolute atomic E-state index is 12.1. The molecular weight excluding hydrogens is 284 g/mol. The lowest BCUT2D eigenvalue weighted by atomic mass is 9.93. The summed E-state index contributed by atoms with van der Waals surface area (Å²) < 4.78 is 5.18. The van der Waals surface area contributed by atoms with Crippen molar-refractivity contribution in [3.8, 4) is 5.75 Å². The van der Waals surface area contributed by atoms with Gasteiger partial charge < -0.3 is 9.64 Å². The van der Waals surface area contributed by atoms with Gasteiger partial charge in [0.25, 0.3) is 0 Å². The maximum atomic E-state index is 12.1. The lowest BCUT2D eigenvalue weighted by Crippen LogP contribution is -2.31. The second-order valence-corrected chi connectivity index (χ2v) is 5.68. The fourth-order valence-corrected chi connectivity index (χ4v) is 3.07. The first-order valence-electron chi connectivity index (χ1n) is 6.70. The molecule has 0 saturated heterocycles. The summed E-state index contributed by atoms with van der Waals surface area (Å²) in [5.41, 5.74) is 2.71. The summed E-state index contributed by atoms with van der Waals surface area (Å²) in [6.07, 6.45) is 1.99. The molecule has 1 aromatic carbocycles. The third-order valence-corrected chi connectivity index (χ3v) is 4.43. The third-order valence-electron chi connectivity index (χ3n) is 3.69. The van der Waals surface area contributed by atoms with E-state index in [1.807, 2.05) is 49.4 Å². The van der Waals surface area contributed by atoms with E-state index in [-0.39, 0.29) is 11.8 Å². The van der Waals surface area contributed by atoms with Gasteiger partial charge in [-0.2, -0.15) is 0 Å². The Morgan fingerprint density at radius 1 is 1.33 bits per heavy atom. The molecule has 0 fully saturated rings. The zero-order valence-corrected chi connectivity index (χ0v) is 13.8. The van der Waals surface area contributed by atoms with Gasteiger partial charge in [-0.25, -0.2) is 4.99 Å². The zero-order valence-electron chi connectivity index (χ0n) is 13.0. The summed E-state index contributed by atoms with van der Waals surface area (Å²) in [5.74, 6) is 0.856. The van der Waals surface area contributed by atoms with Crippen molar-refractivity contribution < 1.29 is 9.53 Å². The maximum Gasteiger partial charge on any atom is 0.163 e. The van der Waals surface area contributed by atoms with E-state index in [4.69, 9.17) is 9.73 Å². The number of Topliss-reactive ketones (excluding diaryl/α,β-unsaturated/α-hetero) is 1. The highest BCUT2D eigenvalue weighted by Crippen LogP contribution is 2.35. The molecule has 112 valence electrons. The van der Waals surface area contributed by atoms with Gasteiger partial charge in [0.05, 0.1) is 7.11 Å². The van der Waals surface area contributed by atoms with Gasteiger partial charge in [-0.05, 0) is 37.8 Å². The molecule has 0 spiro atoms. The summed E-state index contributed by atoms with van der Waals surface area (Å²) >= 11 is 1.58. The number of carbonyl (C=O) groups excluding carboxylic acids is 1. The molecule has 0 unspecified atom stereocenters. The van der Waals surface area contributed by atoms with Gasteiger partial charge in [-0.1, -0.05) is 23.9 Å². The number of allylic oxidation sites excluding steroid dienone is 1. The Morgan fingerprint density at radius 3 is 2.43 bits per heavy atom. The van der Waals surface area contributed by atoms with Crippen molar-refractivity contribution in [3.05, 3.63) is 41.1 Å². The summed E-state index contributed by atoms with van der Waals surface area (Å²) in [5, 5.41) is 0.915. The number of nitrogens with zero attached hydrogens (tertiary/aromatic N) is 2. The minimum atomic E-state index is -0.243. The Balaban J connectivity index is 2.50. The summed E-state index contributed by atoms with van der Waals surface area (Å²) in [7, 11) is 3.58. The number of benzene rings is 1. The van der Waals surface area contributed by atoms with Crippen LogP contribution in [-0.4, -0.2) is 36.3 Å². The van der Waals surface area contributed by atoms with Gasteiger partial charge in [0.2, 0.25) is 0 Å². The van der Waals surface area contributed by atoms with E-state index >= 15 is 0 Å². The van der Waals surface area contributed by atoms with Crippen LogP contribution < -0.4 is 4.74 Å². The predicted octanol–water partition coefficient (Wildman–Crippen LogP) is 3.26. The Kier molecular flexibility index (Phi) is 4.73. The van der Waals surface area contributed by atoms with Crippen LogP contribution in [0.15, 0.2) is 40.5 Å². The number of hydrogen-bond acceptors (Lipinski definition) is 5. The SMILES string of the molecule is COc1ccc([C@H]2N=C(SC)N(C)C(C)=C2C(C)=O)cc1. The lowest BCUT2D eigenvalue weighted by Gasteiger charge is -2.31. The van der Waals surface area contributed by atoms with Crippen molar-refractivity contribution in [1.82, 2.24) is 4.90 Å². The first-order valence-corrected chi connectivity index (χ1v) is 7.93. The Bertz CT molecular complexity index is 605. The Hall–Kier alpha value is -1.75. The van der Waals surface area contributed by atoms with E-state index in [9.17, 15) is 4.79 Å². The monoisotopic (exact) mass is 304 g/mol. The number of amidine groups is 1. The summed E-state index contributed by atoms with van der Waals surface area (Å²) in [6.45, 7) is 3.57. The predicted molar refractivity (Wildman–Crippen MR) is 87.8 cm³/mol. The van der Waals surface area contributed by atoms with E-state index in [0.717, 1.165) is 27.8 Å². The largest absolute Gasteiger partial charge is 0.497 e. The second-order valence-electron chi connectivity index (χ2n) is 4.91. The van der Waals surface area contributed by atoms with Gasteiger partial charge in [-0.3, -0.25) is 4.79 Å². The number of hydrogen-bond donors (Lipinski definition) is 0. The fraction of sp³-hybridized carbons (Fsp3) is 0.375. The highest BCUT2D eigenvalue weighted by molar-refractivity contribution is 8.13. The Morgan fingerprint density at radius 2 is 1.95 bits per heavy atom. The van der Waals surface area contributed by atoms with Gasteiger partial charge in [0.1, 0.15) is 11.8 Å². The fourth-order valence-electron chi connectivity index (χ4n) is 2.45. The van der Waals surface area contributed by atoms with Crippen LogP contribution in [0.3, 0.4) is 0 Å². The standard InChI is InChI=1S/C16H20N2O2S/c1-10-14(11(2)19)15(17-16(21-5)18(10)3)12-6-8-13(20-4)9-7-12/h6-9,15H,1-5H3/t15-/m1/s1. The normalized spacial score (nSPS) is 18.6. The zero-order chi connectivity index (χ0) is 15.6. The summed E-state index contributed by atoms with van der Waals surface area (Å²) in [4.78, 5) is 18.8. The Labute approximate surface area is 129 Å². The van der Waals surface area contributed by atoms with Gasteiger partial charge >= 0.3 is 0 Å². The van der Waals surface area contributed by atoms with Crippen LogP contribution in [-0.2, 0) is 4.79 Å². The summed E-state index contributed by atoms with van der Waals surface area (Å²) in [6, 6.07) is 7.48. The molecule has 1 aromatic rings. The van der Waals surface area contributed by atoms with Crippen LogP contribution in [0.4, 0.5) is 0 Å². The smallest absolute Gasteiger partial charge is 0.163 e. The van der Waals surface area contributed by atoms with E-state index in [1.165, 1.54) is 0 Å². The quantitative estimate of drug-likeness (QED) is 0.859. The molecule has 0 N–H and O–H groups in total. The van der Waals surface area contributed by atoms with Gasteiger partial charge in [0, 0.05) is 18.3 Å². The van der Waals surface area contributed by atoms with Crippen molar-refractivity contribution in [1.29, 1.82) is 0 Å². The number of ether oxygens (including phenoxy) is 1. The van der Waals surface area contributed by atoms with Crippen molar-refractivity contribution >= 4 is 22.7 Å².